The summed E-state index contributed by atoms with van der Waals surface area (Å²) in [7, 11) is 0. The Kier molecular flexibility index (Phi) is 4.62. The maximum Gasteiger partial charge on any atom is 0.449 e. The van der Waals surface area contributed by atoms with Crippen LogP contribution in [-0.2, 0) is 29.5 Å². The van der Waals surface area contributed by atoms with Crippen LogP contribution in [0.5, 0.6) is 0 Å². The average Bonchev–Trinajstić information content (AvgIpc) is 3.10. The molecule has 0 aliphatic carbocycles. The van der Waals surface area contributed by atoms with E-state index in [0.717, 1.165) is 15.6 Å². The third kappa shape index (κ3) is 3.49. The van der Waals surface area contributed by atoms with Gasteiger partial charge < -0.3 is 9.88 Å². The zero-order chi connectivity index (χ0) is 19.3. The van der Waals surface area contributed by atoms with Gasteiger partial charge in [0.1, 0.15) is 5.01 Å². The van der Waals surface area contributed by atoms with Crippen LogP contribution in [0.25, 0.3) is 0 Å². The van der Waals surface area contributed by atoms with Crippen molar-refractivity contribution in [2.24, 2.45) is 5.92 Å². The van der Waals surface area contributed by atoms with Gasteiger partial charge in [0, 0.05) is 35.7 Å². The van der Waals surface area contributed by atoms with Crippen LogP contribution in [0.4, 0.5) is 13.2 Å². The van der Waals surface area contributed by atoms with E-state index in [-0.39, 0.29) is 24.8 Å². The lowest BCUT2D eigenvalue weighted by molar-refractivity contribution is -0.147. The summed E-state index contributed by atoms with van der Waals surface area (Å²) in [5.74, 6) is -1.43. The molecule has 1 atom stereocenters. The van der Waals surface area contributed by atoms with Crippen LogP contribution in [0, 0.1) is 19.8 Å². The highest BCUT2D eigenvalue weighted by Gasteiger charge is 2.40. The number of amides is 1. The second kappa shape index (κ2) is 6.37. The van der Waals surface area contributed by atoms with E-state index in [4.69, 9.17) is 0 Å². The highest BCUT2D eigenvalue weighted by Crippen LogP contribution is 2.33. The molecule has 1 N–H and O–H groups in total. The van der Waals surface area contributed by atoms with Crippen molar-refractivity contribution >= 4 is 17.2 Å². The number of carbonyl (C=O) groups is 1. The number of nitrogens with zero attached hydrogens (tertiary/aromatic N) is 3. The van der Waals surface area contributed by atoms with E-state index in [1.807, 2.05) is 27.7 Å². The Morgan fingerprint density at radius 2 is 2.04 bits per heavy atom. The maximum atomic E-state index is 12.9. The summed E-state index contributed by atoms with van der Waals surface area (Å²) in [5, 5.41) is 3.83. The molecule has 0 saturated heterocycles. The smallest absolute Gasteiger partial charge is 0.344 e. The van der Waals surface area contributed by atoms with Crippen molar-refractivity contribution in [1.29, 1.82) is 0 Å². The molecule has 0 saturated carbocycles. The van der Waals surface area contributed by atoms with Crippen molar-refractivity contribution in [1.82, 2.24) is 19.9 Å². The number of hydrogen-bond acceptors (Lipinski definition) is 4. The largest absolute Gasteiger partial charge is 0.449 e. The third-order valence-electron chi connectivity index (χ3n) is 4.72. The Bertz CT molecular complexity index is 818. The predicted molar refractivity (Wildman–Crippen MR) is 91.8 cm³/mol. The fourth-order valence-corrected chi connectivity index (χ4v) is 4.09. The fourth-order valence-electron chi connectivity index (χ4n) is 3.12. The van der Waals surface area contributed by atoms with Crippen molar-refractivity contribution in [2.45, 2.75) is 58.8 Å². The zero-order valence-corrected chi connectivity index (χ0v) is 15.9. The molecule has 26 heavy (non-hydrogen) atoms. The van der Waals surface area contributed by atoms with Crippen LogP contribution in [0.3, 0.4) is 0 Å². The molecule has 0 unspecified atom stereocenters. The van der Waals surface area contributed by atoms with Crippen molar-refractivity contribution in [3.05, 3.63) is 33.3 Å². The van der Waals surface area contributed by atoms with E-state index in [1.54, 1.807) is 0 Å². The number of fused-ring (bicyclic) bond motifs is 1. The molecule has 0 spiro atoms. The van der Waals surface area contributed by atoms with E-state index in [0.29, 0.717) is 12.1 Å². The Hall–Kier alpha value is -1.90. The molecule has 2 aromatic heterocycles. The SMILES string of the molecule is Cc1nc(C(C)(C)NC(=O)[C@H]2CCn3c(cnc3C(F)(F)F)C2)sc1C. The molecule has 9 heteroatoms. The van der Waals surface area contributed by atoms with Crippen molar-refractivity contribution < 1.29 is 18.0 Å². The highest BCUT2D eigenvalue weighted by molar-refractivity contribution is 7.11. The van der Waals surface area contributed by atoms with E-state index >= 15 is 0 Å². The second-order valence-electron chi connectivity index (χ2n) is 7.19. The molecular formula is C17H21F3N4OS. The van der Waals surface area contributed by atoms with Crippen molar-refractivity contribution in [3.63, 3.8) is 0 Å². The van der Waals surface area contributed by atoms with Gasteiger partial charge in [-0.05, 0) is 34.1 Å². The van der Waals surface area contributed by atoms with Crippen LogP contribution in [-0.4, -0.2) is 20.4 Å². The molecule has 3 rings (SSSR count). The van der Waals surface area contributed by atoms with Gasteiger partial charge in [-0.1, -0.05) is 0 Å². The number of halogens is 3. The molecule has 0 bridgehead atoms. The Labute approximate surface area is 153 Å². The summed E-state index contributed by atoms with van der Waals surface area (Å²) in [5.41, 5.74) is 0.756. The number of nitrogens with one attached hydrogen (secondary N) is 1. The van der Waals surface area contributed by atoms with Gasteiger partial charge in [-0.3, -0.25) is 4.79 Å². The molecular weight excluding hydrogens is 365 g/mol. The van der Waals surface area contributed by atoms with Gasteiger partial charge >= 0.3 is 6.18 Å². The average molecular weight is 386 g/mol. The summed E-state index contributed by atoms with van der Waals surface area (Å²) >= 11 is 1.54. The molecule has 2 aromatic rings. The standard InChI is InChI=1S/C17H21F3N4OS/c1-9-10(2)26-15(22-9)16(3,4)23-13(25)11-5-6-24-12(7-11)8-21-14(24)17(18,19)20/h8,11H,5-7H2,1-4H3,(H,23,25)/t11-/m0/s1. The summed E-state index contributed by atoms with van der Waals surface area (Å²) in [6.07, 6.45) is -2.65. The minimum absolute atomic E-state index is 0.137. The van der Waals surface area contributed by atoms with Crippen LogP contribution in [0.2, 0.25) is 0 Å². The predicted octanol–water partition coefficient (Wildman–Crippen LogP) is 3.59. The van der Waals surface area contributed by atoms with Crippen LogP contribution < -0.4 is 5.32 Å². The molecule has 0 radical (unpaired) electrons. The summed E-state index contributed by atoms with van der Waals surface area (Å²) in [6, 6.07) is 0. The number of hydrogen-bond donors (Lipinski definition) is 1. The number of aromatic nitrogens is 3. The van der Waals surface area contributed by atoms with Gasteiger partial charge in [-0.25, -0.2) is 9.97 Å². The van der Waals surface area contributed by atoms with Crippen molar-refractivity contribution in [2.75, 3.05) is 0 Å². The molecule has 0 aromatic carbocycles. The Balaban J connectivity index is 1.73. The first-order valence-corrected chi connectivity index (χ1v) is 9.19. The monoisotopic (exact) mass is 386 g/mol. The lowest BCUT2D eigenvalue weighted by atomic mass is 9.93. The van der Waals surface area contributed by atoms with Gasteiger partial charge in [-0.2, -0.15) is 13.2 Å². The molecule has 3 heterocycles. The minimum atomic E-state index is -4.48. The molecule has 5 nitrogen and oxygen atoms in total. The van der Waals surface area contributed by atoms with Crippen LogP contribution in [0.1, 0.15) is 47.4 Å². The van der Waals surface area contributed by atoms with E-state index in [9.17, 15) is 18.0 Å². The summed E-state index contributed by atoms with van der Waals surface area (Å²) in [6.45, 7) is 7.82. The topological polar surface area (TPSA) is 59.8 Å². The van der Waals surface area contributed by atoms with E-state index in [2.05, 4.69) is 15.3 Å². The summed E-state index contributed by atoms with van der Waals surface area (Å²) in [4.78, 5) is 21.8. The third-order valence-corrected chi connectivity index (χ3v) is 6.11. The van der Waals surface area contributed by atoms with Gasteiger partial charge in [0.15, 0.2) is 0 Å². The first kappa shape index (κ1) is 18.9. The minimum Gasteiger partial charge on any atom is -0.344 e. The number of alkyl halides is 3. The zero-order valence-electron chi connectivity index (χ0n) is 15.1. The van der Waals surface area contributed by atoms with E-state index < -0.39 is 17.5 Å². The molecule has 142 valence electrons. The molecule has 1 aliphatic heterocycles. The Morgan fingerprint density at radius 3 is 2.62 bits per heavy atom. The van der Waals surface area contributed by atoms with Crippen molar-refractivity contribution in [3.8, 4) is 0 Å². The van der Waals surface area contributed by atoms with Gasteiger partial charge in [0.25, 0.3) is 0 Å². The lowest BCUT2D eigenvalue weighted by Crippen LogP contribution is -2.45. The first-order chi connectivity index (χ1) is 12.0. The van der Waals surface area contributed by atoms with E-state index in [1.165, 1.54) is 22.1 Å². The van der Waals surface area contributed by atoms with Gasteiger partial charge in [0.2, 0.25) is 11.7 Å². The quantitative estimate of drug-likeness (QED) is 0.877. The number of carbonyl (C=O) groups excluding carboxylic acids is 1. The van der Waals surface area contributed by atoms with Gasteiger partial charge in [-0.15, -0.1) is 11.3 Å². The van der Waals surface area contributed by atoms with Crippen LogP contribution in [0.15, 0.2) is 6.20 Å². The molecule has 1 aliphatic rings. The first-order valence-electron chi connectivity index (χ1n) is 8.37. The lowest BCUT2D eigenvalue weighted by Gasteiger charge is -2.29. The Morgan fingerprint density at radius 1 is 1.35 bits per heavy atom. The van der Waals surface area contributed by atoms with Crippen LogP contribution >= 0.6 is 11.3 Å². The number of aryl methyl sites for hydroxylation is 2. The molecule has 0 fully saturated rings. The number of imidazole rings is 1. The normalized spacial score (nSPS) is 17.9. The molecule has 1 amide bonds. The summed E-state index contributed by atoms with van der Waals surface area (Å²) < 4.78 is 40.0. The maximum absolute atomic E-state index is 12.9. The fraction of sp³-hybridized carbons (Fsp3) is 0.588. The number of rotatable bonds is 3. The number of thiazole rings is 1. The van der Waals surface area contributed by atoms with Gasteiger partial charge in [0.05, 0.1) is 11.2 Å². The highest BCUT2D eigenvalue weighted by atomic mass is 32.1. The second-order valence-corrected chi connectivity index (χ2v) is 8.39.